The number of carbonyl (C=O) groups is 1. The molecule has 4 rings (SSSR count). The molecule has 39 heavy (non-hydrogen) atoms. The van der Waals surface area contributed by atoms with E-state index in [1.54, 1.807) is 12.1 Å². The second-order valence-corrected chi connectivity index (χ2v) is 8.53. The zero-order valence-corrected chi connectivity index (χ0v) is 20.5. The van der Waals surface area contributed by atoms with Crippen LogP contribution in [0.1, 0.15) is 18.1 Å². The van der Waals surface area contributed by atoms with E-state index >= 15 is 0 Å². The average Bonchev–Trinajstić information content (AvgIpc) is 2.88. The Kier molecular flexibility index (Phi) is 7.36. The van der Waals surface area contributed by atoms with Gasteiger partial charge < -0.3 is 9.84 Å². The van der Waals surface area contributed by atoms with Crippen molar-refractivity contribution in [3.8, 4) is 17.1 Å². The second kappa shape index (κ2) is 10.5. The average molecular weight is 561 g/mol. The van der Waals surface area contributed by atoms with Crippen molar-refractivity contribution in [2.75, 3.05) is 0 Å². The molecule has 3 aromatic carbocycles. The van der Waals surface area contributed by atoms with Gasteiger partial charge in [-0.1, -0.05) is 35.9 Å². The lowest BCUT2D eigenvalue weighted by Crippen LogP contribution is -2.24. The molecule has 1 N–H and O–H groups in total. The molecule has 1 heterocycles. The predicted octanol–water partition coefficient (Wildman–Crippen LogP) is 5.38. The maximum Gasteiger partial charge on any atom is 0.416 e. The van der Waals surface area contributed by atoms with Crippen LogP contribution in [-0.4, -0.2) is 38.0 Å². The highest BCUT2D eigenvalue weighted by atomic mass is 35.5. The van der Waals surface area contributed by atoms with Crippen molar-refractivity contribution in [2.45, 2.75) is 19.2 Å². The number of carboxylic acid groups (broad SMARTS) is 1. The number of nitro benzene ring substituents is 1. The maximum atomic E-state index is 13.4. The molecule has 0 amide bonds. The minimum atomic E-state index is -4.67. The van der Waals surface area contributed by atoms with E-state index in [-0.39, 0.29) is 32.9 Å². The zero-order valence-electron chi connectivity index (χ0n) is 19.7. The first kappa shape index (κ1) is 27.3. The molecule has 10 nitrogen and oxygen atoms in total. The van der Waals surface area contributed by atoms with Crippen molar-refractivity contribution in [2.24, 2.45) is 5.10 Å². The fourth-order valence-corrected chi connectivity index (χ4v) is 3.78. The van der Waals surface area contributed by atoms with Gasteiger partial charge in [0.2, 0.25) is 5.75 Å². The third-order valence-corrected chi connectivity index (χ3v) is 5.63. The van der Waals surface area contributed by atoms with Crippen LogP contribution >= 0.6 is 11.6 Å². The van der Waals surface area contributed by atoms with E-state index in [0.717, 1.165) is 42.1 Å². The molecule has 0 fully saturated rings. The lowest BCUT2D eigenvalue weighted by Gasteiger charge is -2.14. The number of para-hydroxylation sites is 1. The number of halogens is 4. The molecular weight excluding hydrogens is 545 g/mol. The Morgan fingerprint density at radius 3 is 2.59 bits per heavy atom. The normalized spacial score (nSPS) is 12.5. The van der Waals surface area contributed by atoms with Gasteiger partial charge in [0.25, 0.3) is 5.56 Å². The number of benzene rings is 3. The maximum absolute atomic E-state index is 13.4. The Morgan fingerprint density at radius 1 is 1.21 bits per heavy atom. The largest absolute Gasteiger partial charge is 0.479 e. The summed E-state index contributed by atoms with van der Waals surface area (Å²) in [6.45, 7) is 1.14. The number of rotatable bonds is 7. The topological polar surface area (TPSA) is 137 Å². The van der Waals surface area contributed by atoms with E-state index in [9.17, 15) is 38.0 Å². The van der Waals surface area contributed by atoms with Gasteiger partial charge in [-0.05, 0) is 37.3 Å². The smallest absolute Gasteiger partial charge is 0.416 e. The number of carboxylic acids is 1. The van der Waals surface area contributed by atoms with Crippen molar-refractivity contribution < 1.29 is 32.7 Å². The number of aromatic nitrogens is 2. The summed E-state index contributed by atoms with van der Waals surface area (Å²) in [5.74, 6) is -2.16. The highest BCUT2D eigenvalue weighted by molar-refractivity contribution is 6.31. The molecule has 200 valence electrons. The van der Waals surface area contributed by atoms with Gasteiger partial charge in [0.05, 0.1) is 27.6 Å². The molecule has 14 heteroatoms. The molecule has 4 aromatic rings. The van der Waals surface area contributed by atoms with Crippen LogP contribution in [-0.2, 0) is 11.0 Å². The van der Waals surface area contributed by atoms with Crippen LogP contribution in [0.15, 0.2) is 70.6 Å². The quantitative estimate of drug-likeness (QED) is 0.182. The first-order valence-corrected chi connectivity index (χ1v) is 11.4. The van der Waals surface area contributed by atoms with Crippen LogP contribution in [0.2, 0.25) is 5.02 Å². The molecular formula is C25H16ClF3N4O6. The van der Waals surface area contributed by atoms with Crippen molar-refractivity contribution in [1.29, 1.82) is 0 Å². The van der Waals surface area contributed by atoms with Crippen molar-refractivity contribution in [3.63, 3.8) is 0 Å². The van der Waals surface area contributed by atoms with E-state index in [4.69, 9.17) is 16.3 Å². The van der Waals surface area contributed by atoms with Crippen molar-refractivity contribution in [3.05, 3.63) is 97.3 Å². The summed E-state index contributed by atoms with van der Waals surface area (Å²) < 4.78 is 46.2. The minimum Gasteiger partial charge on any atom is -0.479 e. The summed E-state index contributed by atoms with van der Waals surface area (Å²) >= 11 is 6.02. The number of aliphatic carboxylic acids is 1. The first-order valence-electron chi connectivity index (χ1n) is 11.0. The van der Waals surface area contributed by atoms with E-state index in [2.05, 4.69) is 10.1 Å². The van der Waals surface area contributed by atoms with Crippen LogP contribution in [0.5, 0.6) is 5.75 Å². The molecule has 0 aliphatic carbocycles. The fraction of sp³-hybridized carbons (Fsp3) is 0.120. The van der Waals surface area contributed by atoms with Crippen molar-refractivity contribution >= 4 is 40.4 Å². The Labute approximate surface area is 221 Å². The third-order valence-electron chi connectivity index (χ3n) is 5.42. The lowest BCUT2D eigenvalue weighted by molar-refractivity contribution is -0.386. The molecule has 1 aromatic heterocycles. The molecule has 0 saturated heterocycles. The molecule has 0 bridgehead atoms. The van der Waals surface area contributed by atoms with Crippen LogP contribution in [0.3, 0.4) is 0 Å². The zero-order chi connectivity index (χ0) is 28.5. The molecule has 0 saturated carbocycles. The van der Waals surface area contributed by atoms with E-state index in [1.165, 1.54) is 24.3 Å². The van der Waals surface area contributed by atoms with E-state index < -0.39 is 45.7 Å². The number of alkyl halides is 3. The van der Waals surface area contributed by atoms with E-state index in [0.29, 0.717) is 0 Å². The Morgan fingerprint density at radius 2 is 1.92 bits per heavy atom. The van der Waals surface area contributed by atoms with Crippen LogP contribution in [0.4, 0.5) is 18.9 Å². The number of ether oxygens (including phenoxy) is 1. The lowest BCUT2D eigenvalue weighted by atomic mass is 10.1. The first-order chi connectivity index (χ1) is 18.4. The number of nitro groups is 1. The number of fused-ring (bicyclic) bond motifs is 1. The fourth-order valence-electron chi connectivity index (χ4n) is 3.56. The number of nitrogens with zero attached hydrogens (tertiary/aromatic N) is 4. The molecule has 0 radical (unpaired) electrons. The third kappa shape index (κ3) is 5.72. The predicted molar refractivity (Wildman–Crippen MR) is 135 cm³/mol. The van der Waals surface area contributed by atoms with Gasteiger partial charge in [-0.15, -0.1) is 0 Å². The van der Waals surface area contributed by atoms with Gasteiger partial charge in [0, 0.05) is 22.2 Å². The van der Waals surface area contributed by atoms with Gasteiger partial charge in [-0.25, -0.2) is 9.78 Å². The van der Waals surface area contributed by atoms with E-state index in [1.807, 2.05) is 0 Å². The molecule has 0 aliphatic rings. The summed E-state index contributed by atoms with van der Waals surface area (Å²) in [6.07, 6.45) is -5.24. The molecule has 0 aliphatic heterocycles. The monoisotopic (exact) mass is 560 g/mol. The molecule has 0 spiro atoms. The SMILES string of the molecule is C[C@H](Oc1c(C=Nn2c(-c3cccc(C(F)(F)F)c3)nc3ccccc3c2=O)cc(Cl)cc1[N+](=O)[O-])C(=O)O. The Balaban J connectivity index is 1.96. The van der Waals surface area contributed by atoms with Gasteiger partial charge in [-0.3, -0.25) is 14.9 Å². The molecule has 1 atom stereocenters. The highest BCUT2D eigenvalue weighted by Gasteiger charge is 2.31. The minimum absolute atomic E-state index is 0.0853. The summed E-state index contributed by atoms with van der Waals surface area (Å²) in [5, 5.41) is 24.9. The second-order valence-electron chi connectivity index (χ2n) is 8.09. The van der Waals surface area contributed by atoms with Gasteiger partial charge in [0.15, 0.2) is 11.9 Å². The number of hydrogen-bond acceptors (Lipinski definition) is 7. The van der Waals surface area contributed by atoms with Gasteiger partial charge in [0.1, 0.15) is 0 Å². The van der Waals surface area contributed by atoms with Gasteiger partial charge in [-0.2, -0.15) is 22.9 Å². The number of hydrogen-bond donors (Lipinski definition) is 1. The summed E-state index contributed by atoms with van der Waals surface area (Å²) in [4.78, 5) is 39.8. The summed E-state index contributed by atoms with van der Waals surface area (Å²) in [5.41, 5.74) is -2.46. The van der Waals surface area contributed by atoms with Crippen molar-refractivity contribution in [1.82, 2.24) is 9.66 Å². The van der Waals surface area contributed by atoms with Crippen LogP contribution in [0.25, 0.3) is 22.3 Å². The Bertz CT molecular complexity index is 1700. The highest BCUT2D eigenvalue weighted by Crippen LogP contribution is 2.35. The standard InChI is InChI=1S/C25H16ClF3N4O6/c1-13(24(35)36)39-21-15(10-17(26)11-20(21)33(37)38)12-30-32-22(14-5-4-6-16(9-14)25(27,28)29)31-19-8-3-2-7-18(19)23(32)34/h2-13H,1H3,(H,35,36)/t13-/m0/s1. The summed E-state index contributed by atoms with van der Waals surface area (Å²) in [7, 11) is 0. The van der Waals surface area contributed by atoms with Gasteiger partial charge >= 0.3 is 17.8 Å². The Hall–Kier alpha value is -4.78. The summed E-state index contributed by atoms with van der Waals surface area (Å²) in [6, 6.07) is 12.3. The van der Waals surface area contributed by atoms with Crippen LogP contribution in [0, 0.1) is 10.1 Å². The molecule has 0 unspecified atom stereocenters. The van der Waals surface area contributed by atoms with Crippen LogP contribution < -0.4 is 10.3 Å².